The number of nitro benzene ring substituents is 1. The van der Waals surface area contributed by atoms with Gasteiger partial charge in [-0.25, -0.2) is 0 Å². The first kappa shape index (κ1) is 8.48. The first-order chi connectivity index (χ1) is 6.18. The van der Waals surface area contributed by atoms with Crippen molar-refractivity contribution in [1.29, 1.82) is 0 Å². The monoisotopic (exact) mass is 241 g/mol. The van der Waals surface area contributed by atoms with E-state index in [0.29, 0.717) is 14.5 Å². The summed E-state index contributed by atoms with van der Waals surface area (Å²) in [4.78, 5) is 12.3. The summed E-state index contributed by atoms with van der Waals surface area (Å²) in [7, 11) is 0. The number of aryl methyl sites for hydroxylation is 1. The number of fused-ring (bicyclic) bond motifs is 1. The molecule has 0 unspecified atom stereocenters. The zero-order valence-electron chi connectivity index (χ0n) is 6.98. The minimum atomic E-state index is -0.348. The van der Waals surface area contributed by atoms with Gasteiger partial charge in [-0.05, 0) is 0 Å². The van der Waals surface area contributed by atoms with Gasteiger partial charge in [0.1, 0.15) is 0 Å². The van der Waals surface area contributed by atoms with Gasteiger partial charge < -0.3 is 0 Å². The minimum absolute atomic E-state index is 0.184. The molecule has 0 saturated carbocycles. The summed E-state index contributed by atoms with van der Waals surface area (Å²) in [6, 6.07) is 5.10. The molecule has 1 heterocycles. The fraction of sp³-hybridized carbons (Fsp3) is 0.111. The van der Waals surface area contributed by atoms with Crippen LogP contribution in [-0.4, -0.2) is 19.4 Å². The fourth-order valence-corrected chi connectivity index (χ4v) is 3.20. The molecular weight excluding hydrogens is 233 g/mol. The normalized spacial score (nSPS) is 10.5. The molecule has 0 aliphatic rings. The van der Waals surface area contributed by atoms with E-state index in [0.717, 1.165) is 5.39 Å². The number of nitro groups is 1. The number of rotatable bonds is 1. The first-order valence-electron chi connectivity index (χ1n) is 3.81. The Labute approximate surface area is 80.9 Å². The van der Waals surface area contributed by atoms with Gasteiger partial charge in [0.05, 0.1) is 0 Å². The van der Waals surface area contributed by atoms with Crippen LogP contribution in [0, 0.1) is 17.0 Å². The van der Waals surface area contributed by atoms with Crippen molar-refractivity contribution < 1.29 is 4.92 Å². The second-order valence-electron chi connectivity index (χ2n) is 2.86. The summed E-state index contributed by atoms with van der Waals surface area (Å²) >= 11 is 0.370. The first-order valence-corrected chi connectivity index (χ1v) is 5.65. The summed E-state index contributed by atoms with van der Waals surface area (Å²) in [5.74, 6) is 0. The van der Waals surface area contributed by atoms with E-state index in [1.165, 1.54) is 9.82 Å². The number of non-ortho nitro benzene ring substituents is 1. The van der Waals surface area contributed by atoms with Crippen molar-refractivity contribution in [1.82, 2.24) is 0 Å². The van der Waals surface area contributed by atoms with Crippen molar-refractivity contribution in [3.05, 3.63) is 38.8 Å². The van der Waals surface area contributed by atoms with Crippen LogP contribution in [0.15, 0.2) is 23.1 Å². The van der Waals surface area contributed by atoms with E-state index in [9.17, 15) is 10.1 Å². The maximum absolute atomic E-state index is 10.5. The summed E-state index contributed by atoms with van der Waals surface area (Å²) in [5, 5.41) is 11.5. The van der Waals surface area contributed by atoms with Crippen molar-refractivity contribution in [2.45, 2.75) is 6.92 Å². The van der Waals surface area contributed by atoms with Crippen molar-refractivity contribution >= 4 is 29.8 Å². The third-order valence-electron chi connectivity index (χ3n) is 1.96. The van der Waals surface area contributed by atoms with E-state index in [1.807, 2.05) is 13.0 Å². The van der Waals surface area contributed by atoms with E-state index in [4.69, 9.17) is 0 Å². The van der Waals surface area contributed by atoms with Crippen LogP contribution in [0.5, 0.6) is 0 Å². The molecule has 0 radical (unpaired) electrons. The molecule has 1 aromatic carbocycles. The van der Waals surface area contributed by atoms with Gasteiger partial charge in [-0.2, -0.15) is 0 Å². The third-order valence-corrected chi connectivity index (χ3v) is 4.23. The van der Waals surface area contributed by atoms with E-state index in [-0.39, 0.29) is 10.6 Å². The van der Waals surface area contributed by atoms with Crippen molar-refractivity contribution in [3.63, 3.8) is 0 Å². The Morgan fingerprint density at radius 1 is 1.46 bits per heavy atom. The Morgan fingerprint density at radius 3 is 2.92 bits per heavy atom. The van der Waals surface area contributed by atoms with Crippen LogP contribution in [0.4, 0.5) is 5.69 Å². The summed E-state index contributed by atoms with van der Waals surface area (Å²) in [6.07, 6.45) is 0. The molecule has 4 heteroatoms. The van der Waals surface area contributed by atoms with Gasteiger partial charge in [0.2, 0.25) is 0 Å². The Morgan fingerprint density at radius 2 is 2.23 bits per heavy atom. The Bertz CT molecular complexity index is 475. The average Bonchev–Trinajstić information content (AvgIpc) is 2.47. The van der Waals surface area contributed by atoms with Crippen LogP contribution >= 0.6 is 0 Å². The van der Waals surface area contributed by atoms with Crippen molar-refractivity contribution in [2.75, 3.05) is 0 Å². The molecule has 0 saturated heterocycles. The van der Waals surface area contributed by atoms with Gasteiger partial charge in [0.15, 0.2) is 0 Å². The average molecular weight is 240 g/mol. The van der Waals surface area contributed by atoms with Crippen molar-refractivity contribution in [3.8, 4) is 0 Å². The van der Waals surface area contributed by atoms with Crippen LogP contribution in [0.3, 0.4) is 0 Å². The molecule has 0 atom stereocenters. The molecule has 0 spiro atoms. The molecule has 66 valence electrons. The molecule has 0 aliphatic heterocycles. The van der Waals surface area contributed by atoms with Gasteiger partial charge in [-0.1, -0.05) is 0 Å². The quantitative estimate of drug-likeness (QED) is 0.435. The number of hydrogen-bond donors (Lipinski definition) is 0. The second kappa shape index (κ2) is 2.98. The van der Waals surface area contributed by atoms with Gasteiger partial charge in [-0.3, -0.25) is 0 Å². The van der Waals surface area contributed by atoms with Crippen LogP contribution in [0.25, 0.3) is 9.65 Å². The molecule has 2 rings (SSSR count). The summed E-state index contributed by atoms with van der Waals surface area (Å²) < 4.78 is 1.25. The van der Waals surface area contributed by atoms with Gasteiger partial charge in [0.25, 0.3) is 0 Å². The molecule has 13 heavy (non-hydrogen) atoms. The van der Waals surface area contributed by atoms with Crippen LogP contribution in [0.1, 0.15) is 5.56 Å². The van der Waals surface area contributed by atoms with Gasteiger partial charge >= 0.3 is 80.5 Å². The van der Waals surface area contributed by atoms with E-state index in [2.05, 4.69) is 4.94 Å². The molecule has 0 bridgehead atoms. The molecular formula is C9H7NO2Se. The van der Waals surface area contributed by atoms with E-state index >= 15 is 0 Å². The second-order valence-corrected chi connectivity index (χ2v) is 4.77. The zero-order chi connectivity index (χ0) is 9.42. The zero-order valence-corrected chi connectivity index (χ0v) is 8.69. The molecule has 0 amide bonds. The molecule has 3 nitrogen and oxygen atoms in total. The van der Waals surface area contributed by atoms with Crippen LogP contribution < -0.4 is 0 Å². The van der Waals surface area contributed by atoms with Crippen molar-refractivity contribution in [2.24, 2.45) is 0 Å². The molecule has 0 N–H and O–H groups in total. The molecule has 0 fully saturated rings. The van der Waals surface area contributed by atoms with Crippen LogP contribution in [0.2, 0.25) is 0 Å². The summed E-state index contributed by atoms with van der Waals surface area (Å²) in [6.45, 7) is 2.00. The van der Waals surface area contributed by atoms with E-state index < -0.39 is 0 Å². The molecule has 1 aromatic heterocycles. The van der Waals surface area contributed by atoms with E-state index in [1.54, 1.807) is 12.1 Å². The Balaban J connectivity index is 2.72. The number of benzene rings is 1. The summed E-state index contributed by atoms with van der Waals surface area (Å²) in [5.41, 5.74) is 1.35. The Kier molecular flexibility index (Phi) is 1.94. The van der Waals surface area contributed by atoms with Gasteiger partial charge in [0, 0.05) is 0 Å². The standard InChI is InChI=1S/C9H7NO2Se/c1-6-5-13-9-3-2-7(10(11)12)4-8(6)9/h2-5H,1H3. The topological polar surface area (TPSA) is 43.1 Å². The predicted molar refractivity (Wildman–Crippen MR) is 52.3 cm³/mol. The SMILES string of the molecule is Cc1c[se]c2ccc([N+](=O)[O-])cc12. The molecule has 0 aliphatic carbocycles. The third kappa shape index (κ3) is 1.39. The fourth-order valence-electron chi connectivity index (χ4n) is 1.26. The van der Waals surface area contributed by atoms with Crippen LogP contribution in [-0.2, 0) is 0 Å². The number of nitrogens with zero attached hydrogens (tertiary/aromatic N) is 1. The van der Waals surface area contributed by atoms with Gasteiger partial charge in [-0.15, -0.1) is 0 Å². The maximum atomic E-state index is 10.5. The predicted octanol–water partition coefficient (Wildman–Crippen LogP) is 2.11. The molecule has 2 aromatic rings. The number of hydrogen-bond acceptors (Lipinski definition) is 2. The Hall–Kier alpha value is -1.12.